The number of hydrogen-bond acceptors (Lipinski definition) is 7. The molecule has 1 aromatic heterocycles. The van der Waals surface area contributed by atoms with Gasteiger partial charge >= 0.3 is 0 Å². The van der Waals surface area contributed by atoms with E-state index >= 15 is 0 Å². The Kier molecular flexibility index (Phi) is 5.70. The molecule has 1 amide bonds. The largest absolute Gasteiger partial charge is 0.497 e. The van der Waals surface area contributed by atoms with E-state index in [1.807, 2.05) is 36.4 Å². The summed E-state index contributed by atoms with van der Waals surface area (Å²) < 4.78 is 10.9. The number of aromatic nitrogens is 1. The summed E-state index contributed by atoms with van der Waals surface area (Å²) in [6.45, 7) is 2.25. The highest BCUT2D eigenvalue weighted by atomic mass is 16.5. The zero-order chi connectivity index (χ0) is 19.3. The minimum Gasteiger partial charge on any atom is -0.497 e. The van der Waals surface area contributed by atoms with Gasteiger partial charge in [0.15, 0.2) is 0 Å². The molecule has 2 aliphatic rings. The zero-order valence-corrected chi connectivity index (χ0v) is 15.8. The number of amides is 1. The van der Waals surface area contributed by atoms with Crippen molar-refractivity contribution < 1.29 is 14.3 Å². The highest BCUT2D eigenvalue weighted by Crippen LogP contribution is 2.23. The van der Waals surface area contributed by atoms with Gasteiger partial charge in [0, 0.05) is 37.3 Å². The van der Waals surface area contributed by atoms with Crippen molar-refractivity contribution in [1.29, 1.82) is 0 Å². The van der Waals surface area contributed by atoms with Crippen molar-refractivity contribution in [2.75, 3.05) is 20.2 Å². The van der Waals surface area contributed by atoms with Gasteiger partial charge in [-0.3, -0.25) is 10.2 Å². The molecule has 8 nitrogen and oxygen atoms in total. The van der Waals surface area contributed by atoms with Crippen LogP contribution in [0.15, 0.2) is 42.6 Å². The molecular weight excluding hydrogens is 358 g/mol. The maximum absolute atomic E-state index is 12.6. The van der Waals surface area contributed by atoms with Crippen LogP contribution in [0.3, 0.4) is 0 Å². The van der Waals surface area contributed by atoms with Gasteiger partial charge in [0.1, 0.15) is 17.5 Å². The zero-order valence-electron chi connectivity index (χ0n) is 15.8. The fourth-order valence-electron chi connectivity index (χ4n) is 3.66. The molecule has 148 valence electrons. The fraction of sp³-hybridized carbons (Fsp3) is 0.400. The molecule has 2 aromatic rings. The molecule has 0 radical (unpaired) electrons. The molecule has 0 aliphatic carbocycles. The SMILES string of the molecule is COc1ccc(Oc2cc(CNC(=O)C3NNC4CCNCC43)ccn2)cc1. The molecule has 0 saturated carbocycles. The topological polar surface area (TPSA) is 96.5 Å². The van der Waals surface area contributed by atoms with Gasteiger partial charge in [-0.25, -0.2) is 10.4 Å². The molecule has 2 aliphatic heterocycles. The van der Waals surface area contributed by atoms with E-state index in [4.69, 9.17) is 9.47 Å². The number of hydrazine groups is 1. The lowest BCUT2D eigenvalue weighted by Crippen LogP contribution is -2.49. The van der Waals surface area contributed by atoms with Crippen molar-refractivity contribution in [3.8, 4) is 17.4 Å². The standard InChI is InChI=1S/C20H25N5O3/c1-27-14-2-4-15(5-3-14)28-18-10-13(6-9-22-18)11-23-20(26)19-16-12-21-8-7-17(16)24-25-19/h2-6,9-10,16-17,19,21,24-25H,7-8,11-12H2,1H3,(H,23,26). The van der Waals surface area contributed by atoms with Crippen molar-refractivity contribution in [3.05, 3.63) is 48.2 Å². The average molecular weight is 383 g/mol. The molecule has 4 rings (SSSR count). The van der Waals surface area contributed by atoms with E-state index in [-0.39, 0.29) is 17.9 Å². The Balaban J connectivity index is 1.33. The fourth-order valence-corrected chi connectivity index (χ4v) is 3.66. The number of nitrogens with zero attached hydrogens (tertiary/aromatic N) is 1. The van der Waals surface area contributed by atoms with Crippen LogP contribution in [-0.2, 0) is 11.3 Å². The van der Waals surface area contributed by atoms with Crippen LogP contribution in [0.5, 0.6) is 17.4 Å². The second kappa shape index (κ2) is 8.55. The Morgan fingerprint density at radius 3 is 2.86 bits per heavy atom. The number of carbonyl (C=O) groups excluding carboxylic acids is 1. The van der Waals surface area contributed by atoms with Crippen LogP contribution in [0.1, 0.15) is 12.0 Å². The Bertz CT molecular complexity index is 814. The Hall–Kier alpha value is -2.68. The van der Waals surface area contributed by atoms with Crippen LogP contribution in [0.4, 0.5) is 0 Å². The summed E-state index contributed by atoms with van der Waals surface area (Å²) in [4.78, 5) is 16.8. The Morgan fingerprint density at radius 2 is 2.04 bits per heavy atom. The predicted molar refractivity (Wildman–Crippen MR) is 104 cm³/mol. The molecule has 3 heterocycles. The summed E-state index contributed by atoms with van der Waals surface area (Å²) >= 11 is 0. The molecule has 3 unspecified atom stereocenters. The molecule has 1 aromatic carbocycles. The van der Waals surface area contributed by atoms with Gasteiger partial charge in [0.05, 0.1) is 7.11 Å². The van der Waals surface area contributed by atoms with Crippen LogP contribution < -0.4 is 31.0 Å². The normalized spacial score (nSPS) is 23.7. The monoisotopic (exact) mass is 383 g/mol. The van der Waals surface area contributed by atoms with Gasteiger partial charge in [-0.2, -0.15) is 0 Å². The van der Waals surface area contributed by atoms with E-state index < -0.39 is 0 Å². The smallest absolute Gasteiger partial charge is 0.239 e. The number of carbonyl (C=O) groups is 1. The molecule has 3 atom stereocenters. The van der Waals surface area contributed by atoms with Crippen LogP contribution in [0.2, 0.25) is 0 Å². The minimum absolute atomic E-state index is 0.00173. The van der Waals surface area contributed by atoms with Gasteiger partial charge in [0.25, 0.3) is 0 Å². The number of piperidine rings is 1. The van der Waals surface area contributed by atoms with E-state index in [2.05, 4.69) is 26.5 Å². The Labute approximate surface area is 164 Å². The van der Waals surface area contributed by atoms with Crippen molar-refractivity contribution >= 4 is 5.91 Å². The maximum Gasteiger partial charge on any atom is 0.239 e. The van der Waals surface area contributed by atoms with Crippen LogP contribution >= 0.6 is 0 Å². The van der Waals surface area contributed by atoms with Gasteiger partial charge in [-0.1, -0.05) is 0 Å². The summed E-state index contributed by atoms with van der Waals surface area (Å²) in [6, 6.07) is 11.1. The molecule has 2 saturated heterocycles. The number of ether oxygens (including phenoxy) is 2. The first-order valence-electron chi connectivity index (χ1n) is 9.49. The third-order valence-electron chi connectivity index (χ3n) is 5.21. The van der Waals surface area contributed by atoms with Gasteiger partial charge in [-0.05, 0) is 48.9 Å². The number of fused-ring (bicyclic) bond motifs is 1. The average Bonchev–Trinajstić information content (AvgIpc) is 3.17. The first-order valence-corrected chi connectivity index (χ1v) is 9.49. The summed E-state index contributed by atoms with van der Waals surface area (Å²) in [5.74, 6) is 2.18. The first kappa shape index (κ1) is 18.7. The summed E-state index contributed by atoms with van der Waals surface area (Å²) in [6.07, 6.45) is 2.70. The first-order chi connectivity index (χ1) is 13.7. The second-order valence-electron chi connectivity index (χ2n) is 7.03. The van der Waals surface area contributed by atoms with Crippen molar-refractivity contribution in [2.45, 2.75) is 25.0 Å². The molecule has 8 heteroatoms. The predicted octanol–water partition coefficient (Wildman–Crippen LogP) is 0.953. The number of rotatable bonds is 6. The molecule has 28 heavy (non-hydrogen) atoms. The van der Waals surface area contributed by atoms with Gasteiger partial charge in [0.2, 0.25) is 11.8 Å². The number of pyridine rings is 1. The van der Waals surface area contributed by atoms with E-state index in [1.165, 1.54) is 0 Å². The lowest BCUT2D eigenvalue weighted by molar-refractivity contribution is -0.124. The van der Waals surface area contributed by atoms with E-state index in [0.717, 1.165) is 30.8 Å². The lowest BCUT2D eigenvalue weighted by atomic mass is 9.89. The molecule has 0 spiro atoms. The summed E-state index contributed by atoms with van der Waals surface area (Å²) in [5.41, 5.74) is 7.31. The molecule has 4 N–H and O–H groups in total. The number of hydrogen-bond donors (Lipinski definition) is 4. The van der Waals surface area contributed by atoms with Gasteiger partial charge < -0.3 is 20.1 Å². The lowest BCUT2D eigenvalue weighted by Gasteiger charge is -2.27. The van der Waals surface area contributed by atoms with Crippen molar-refractivity contribution in [1.82, 2.24) is 26.5 Å². The molecular formula is C20H25N5O3. The van der Waals surface area contributed by atoms with Gasteiger partial charge in [-0.15, -0.1) is 0 Å². The molecule has 0 bridgehead atoms. The van der Waals surface area contributed by atoms with Crippen LogP contribution in [0, 0.1) is 5.92 Å². The highest BCUT2D eigenvalue weighted by Gasteiger charge is 2.40. The summed E-state index contributed by atoms with van der Waals surface area (Å²) in [7, 11) is 1.62. The maximum atomic E-state index is 12.6. The number of nitrogens with one attached hydrogen (secondary N) is 4. The van der Waals surface area contributed by atoms with E-state index in [1.54, 1.807) is 13.3 Å². The molecule has 2 fully saturated rings. The van der Waals surface area contributed by atoms with Crippen LogP contribution in [0.25, 0.3) is 0 Å². The third-order valence-corrected chi connectivity index (χ3v) is 5.21. The van der Waals surface area contributed by atoms with Crippen molar-refractivity contribution in [2.24, 2.45) is 5.92 Å². The van der Waals surface area contributed by atoms with E-state index in [0.29, 0.717) is 24.2 Å². The minimum atomic E-state index is -0.227. The quantitative estimate of drug-likeness (QED) is 0.590. The number of methoxy groups -OCH3 is 1. The Morgan fingerprint density at radius 1 is 1.21 bits per heavy atom. The van der Waals surface area contributed by atoms with Crippen LogP contribution in [-0.4, -0.2) is 43.2 Å². The second-order valence-corrected chi connectivity index (χ2v) is 7.03. The number of benzene rings is 1. The van der Waals surface area contributed by atoms with E-state index in [9.17, 15) is 4.79 Å². The highest BCUT2D eigenvalue weighted by molar-refractivity contribution is 5.82. The summed E-state index contributed by atoms with van der Waals surface area (Å²) in [5, 5.41) is 6.37. The third kappa shape index (κ3) is 4.24. The van der Waals surface area contributed by atoms with Crippen molar-refractivity contribution in [3.63, 3.8) is 0 Å².